The van der Waals surface area contributed by atoms with Crippen LogP contribution in [-0.2, 0) is 25.7 Å². The van der Waals surface area contributed by atoms with Crippen molar-refractivity contribution in [3.63, 3.8) is 0 Å². The van der Waals surface area contributed by atoms with Crippen LogP contribution in [0.5, 0.6) is 0 Å². The number of anilines is 1. The van der Waals surface area contributed by atoms with Crippen LogP contribution in [0.1, 0.15) is 33.1 Å². The van der Waals surface area contributed by atoms with Crippen LogP contribution in [0.15, 0.2) is 47.8 Å². The third kappa shape index (κ3) is 3.49. The lowest BCUT2D eigenvalue weighted by Crippen LogP contribution is -2.09. The fraction of sp³-hybridized carbons (Fsp3) is 0.273. The second kappa shape index (κ2) is 7.41. The monoisotopic (exact) mass is 391 g/mol. The van der Waals surface area contributed by atoms with Crippen LogP contribution in [0, 0.1) is 0 Å². The van der Waals surface area contributed by atoms with E-state index in [1.165, 1.54) is 39.1 Å². The highest BCUT2D eigenvalue weighted by molar-refractivity contribution is 7.19. The molecular formula is C22H21N3S2. The van der Waals surface area contributed by atoms with Crippen molar-refractivity contribution in [2.24, 2.45) is 0 Å². The fourth-order valence-corrected chi connectivity index (χ4v) is 5.77. The summed E-state index contributed by atoms with van der Waals surface area (Å²) < 4.78 is 0. The molecule has 0 amide bonds. The van der Waals surface area contributed by atoms with Gasteiger partial charge in [0.1, 0.15) is 16.5 Å². The maximum atomic E-state index is 4.95. The summed E-state index contributed by atoms with van der Waals surface area (Å²) in [6, 6.07) is 14.8. The Bertz CT molecular complexity index is 1050. The van der Waals surface area contributed by atoms with E-state index < -0.39 is 0 Å². The van der Waals surface area contributed by atoms with E-state index in [2.05, 4.69) is 53.2 Å². The average Bonchev–Trinajstić information content (AvgIpc) is 3.39. The van der Waals surface area contributed by atoms with E-state index in [4.69, 9.17) is 9.97 Å². The number of rotatable bonds is 6. The SMILES string of the molecule is c1ccc(Cc2nc(NCCc3cccs3)c3c4c(sc3n2)CCC4)cc1. The highest BCUT2D eigenvalue weighted by Crippen LogP contribution is 2.39. The topological polar surface area (TPSA) is 37.8 Å². The summed E-state index contributed by atoms with van der Waals surface area (Å²) in [7, 11) is 0. The van der Waals surface area contributed by atoms with E-state index in [1.807, 2.05) is 22.7 Å². The number of thiophene rings is 2. The molecule has 0 atom stereocenters. The molecule has 0 bridgehead atoms. The summed E-state index contributed by atoms with van der Waals surface area (Å²) in [6.07, 6.45) is 5.43. The Kier molecular flexibility index (Phi) is 4.64. The first-order chi connectivity index (χ1) is 13.4. The number of nitrogens with zero attached hydrogens (tertiary/aromatic N) is 2. The van der Waals surface area contributed by atoms with E-state index in [1.54, 1.807) is 0 Å². The Hall–Kier alpha value is -2.24. The molecule has 0 saturated carbocycles. The van der Waals surface area contributed by atoms with Crippen molar-refractivity contribution in [3.05, 3.63) is 74.6 Å². The molecule has 4 aromatic rings. The Morgan fingerprint density at radius 1 is 1.00 bits per heavy atom. The summed E-state index contributed by atoms with van der Waals surface area (Å²) in [4.78, 5) is 13.9. The van der Waals surface area contributed by atoms with Crippen LogP contribution in [0.25, 0.3) is 10.2 Å². The van der Waals surface area contributed by atoms with Gasteiger partial charge in [-0.3, -0.25) is 0 Å². The zero-order valence-corrected chi connectivity index (χ0v) is 16.7. The summed E-state index contributed by atoms with van der Waals surface area (Å²) >= 11 is 3.69. The first-order valence-electron chi connectivity index (χ1n) is 9.48. The predicted molar refractivity (Wildman–Crippen MR) is 115 cm³/mol. The largest absolute Gasteiger partial charge is 0.369 e. The van der Waals surface area contributed by atoms with Gasteiger partial charge in [-0.05, 0) is 48.3 Å². The molecule has 0 spiro atoms. The van der Waals surface area contributed by atoms with Gasteiger partial charge in [0.15, 0.2) is 0 Å². The number of hydrogen-bond donors (Lipinski definition) is 1. The third-order valence-corrected chi connectivity index (χ3v) is 7.18. The van der Waals surface area contributed by atoms with Gasteiger partial charge in [-0.1, -0.05) is 36.4 Å². The smallest absolute Gasteiger partial charge is 0.138 e. The van der Waals surface area contributed by atoms with Crippen LogP contribution in [0.3, 0.4) is 0 Å². The molecule has 1 aliphatic rings. The molecule has 0 radical (unpaired) electrons. The van der Waals surface area contributed by atoms with Gasteiger partial charge in [0.25, 0.3) is 0 Å². The molecule has 3 heterocycles. The van der Waals surface area contributed by atoms with Crippen molar-refractivity contribution in [1.29, 1.82) is 0 Å². The molecule has 3 nitrogen and oxygen atoms in total. The fourth-order valence-electron chi connectivity index (χ4n) is 3.78. The van der Waals surface area contributed by atoms with Gasteiger partial charge < -0.3 is 5.32 Å². The minimum absolute atomic E-state index is 0.777. The van der Waals surface area contributed by atoms with E-state index in [9.17, 15) is 0 Å². The van der Waals surface area contributed by atoms with E-state index in [0.29, 0.717) is 0 Å². The Balaban J connectivity index is 1.47. The second-order valence-electron chi connectivity index (χ2n) is 6.94. The second-order valence-corrected chi connectivity index (χ2v) is 9.06. The third-order valence-electron chi connectivity index (χ3n) is 5.06. The van der Waals surface area contributed by atoms with Gasteiger partial charge in [-0.2, -0.15) is 0 Å². The van der Waals surface area contributed by atoms with Crippen molar-refractivity contribution in [2.45, 2.75) is 32.1 Å². The molecule has 1 N–H and O–H groups in total. The van der Waals surface area contributed by atoms with E-state index in [-0.39, 0.29) is 0 Å². The molecule has 1 aromatic carbocycles. The number of aromatic nitrogens is 2. The normalized spacial score (nSPS) is 13.2. The highest BCUT2D eigenvalue weighted by atomic mass is 32.1. The molecule has 1 aliphatic carbocycles. The van der Waals surface area contributed by atoms with Crippen molar-refractivity contribution in [1.82, 2.24) is 9.97 Å². The summed E-state index contributed by atoms with van der Waals surface area (Å²) in [5, 5.41) is 7.04. The summed E-state index contributed by atoms with van der Waals surface area (Å²) in [6.45, 7) is 0.905. The number of hydrogen-bond acceptors (Lipinski definition) is 5. The van der Waals surface area contributed by atoms with Gasteiger partial charge in [-0.15, -0.1) is 22.7 Å². The maximum Gasteiger partial charge on any atom is 0.138 e. The molecule has 0 aliphatic heterocycles. The van der Waals surface area contributed by atoms with Crippen LogP contribution >= 0.6 is 22.7 Å². The number of fused-ring (bicyclic) bond motifs is 3. The lowest BCUT2D eigenvalue weighted by atomic mass is 10.1. The van der Waals surface area contributed by atoms with Gasteiger partial charge in [0.2, 0.25) is 0 Å². The van der Waals surface area contributed by atoms with Crippen LogP contribution in [-0.4, -0.2) is 16.5 Å². The van der Waals surface area contributed by atoms with Gasteiger partial charge in [-0.25, -0.2) is 9.97 Å². The minimum Gasteiger partial charge on any atom is -0.369 e. The first kappa shape index (κ1) is 16.9. The Labute approximate surface area is 167 Å². The number of aryl methyl sites for hydroxylation is 2. The van der Waals surface area contributed by atoms with Gasteiger partial charge in [0, 0.05) is 22.7 Å². The lowest BCUT2D eigenvalue weighted by Gasteiger charge is -2.10. The Morgan fingerprint density at radius 2 is 1.93 bits per heavy atom. The molecule has 27 heavy (non-hydrogen) atoms. The zero-order valence-electron chi connectivity index (χ0n) is 15.1. The van der Waals surface area contributed by atoms with Crippen molar-refractivity contribution < 1.29 is 0 Å². The standard InChI is InChI=1S/C22H21N3S2/c1-2-6-15(7-3-1)14-19-24-21(23-12-11-16-8-5-13-26-16)20-17-9-4-10-18(17)27-22(20)25-19/h1-3,5-8,13H,4,9-12,14H2,(H,23,24,25). The molecule has 0 fully saturated rings. The van der Waals surface area contributed by atoms with E-state index in [0.717, 1.165) is 42.3 Å². The van der Waals surface area contributed by atoms with Gasteiger partial charge >= 0.3 is 0 Å². The maximum absolute atomic E-state index is 4.95. The zero-order chi connectivity index (χ0) is 18.1. The molecule has 3 aromatic heterocycles. The first-order valence-corrected chi connectivity index (χ1v) is 11.2. The van der Waals surface area contributed by atoms with Crippen molar-refractivity contribution in [2.75, 3.05) is 11.9 Å². The van der Waals surface area contributed by atoms with Crippen LogP contribution in [0.2, 0.25) is 0 Å². The summed E-state index contributed by atoms with van der Waals surface area (Å²) in [5.74, 6) is 1.94. The molecule has 136 valence electrons. The summed E-state index contributed by atoms with van der Waals surface area (Å²) in [5.41, 5.74) is 2.74. The van der Waals surface area contributed by atoms with Crippen molar-refractivity contribution in [3.8, 4) is 0 Å². The van der Waals surface area contributed by atoms with Crippen LogP contribution in [0.4, 0.5) is 5.82 Å². The molecule has 0 unspecified atom stereocenters. The minimum atomic E-state index is 0.777. The lowest BCUT2D eigenvalue weighted by molar-refractivity contribution is 0.915. The van der Waals surface area contributed by atoms with Gasteiger partial charge in [0.05, 0.1) is 5.39 Å². The predicted octanol–water partition coefficient (Wildman–Crippen LogP) is 5.49. The highest BCUT2D eigenvalue weighted by Gasteiger charge is 2.22. The number of nitrogens with one attached hydrogen (secondary N) is 1. The van der Waals surface area contributed by atoms with Crippen LogP contribution < -0.4 is 5.32 Å². The average molecular weight is 392 g/mol. The number of benzene rings is 1. The molecular weight excluding hydrogens is 370 g/mol. The van der Waals surface area contributed by atoms with Crippen molar-refractivity contribution >= 4 is 38.7 Å². The molecule has 5 rings (SSSR count). The molecule has 5 heteroatoms. The molecule has 0 saturated heterocycles. The van der Waals surface area contributed by atoms with E-state index >= 15 is 0 Å². The quantitative estimate of drug-likeness (QED) is 0.472. The Morgan fingerprint density at radius 3 is 2.78 bits per heavy atom.